The van der Waals surface area contributed by atoms with Gasteiger partial charge in [0.05, 0.1) is 0 Å². The van der Waals surface area contributed by atoms with Crippen LogP contribution in [-0.2, 0) is 6.54 Å². The zero-order valence-electron chi connectivity index (χ0n) is 9.31. The third-order valence-corrected chi connectivity index (χ3v) is 2.87. The molecule has 1 heterocycles. The van der Waals surface area contributed by atoms with Crippen molar-refractivity contribution < 1.29 is 0 Å². The molecule has 0 saturated carbocycles. The largest absolute Gasteiger partial charge is 0.313 e. The first-order valence-corrected chi connectivity index (χ1v) is 6.31. The van der Waals surface area contributed by atoms with Gasteiger partial charge in [0.25, 0.3) is 0 Å². The van der Waals surface area contributed by atoms with Crippen LogP contribution in [0.4, 0.5) is 0 Å². The zero-order chi connectivity index (χ0) is 11.2. The molecule has 0 unspecified atom stereocenters. The molecular weight excluding hydrogens is 218 g/mol. The lowest BCUT2D eigenvalue weighted by Gasteiger charge is -2.03. The summed E-state index contributed by atoms with van der Waals surface area (Å²) in [5, 5.41) is 9.39. The summed E-state index contributed by atoms with van der Waals surface area (Å²) in [5.41, 5.74) is 3.39. The lowest BCUT2D eigenvalue weighted by atomic mass is 10.1. The number of hydrogen-bond donors (Lipinski definition) is 1. The first-order valence-electron chi connectivity index (χ1n) is 5.47. The standard InChI is InChI=1S/C12H15N3S/c1-2-7-13-8-10-3-5-11(6-4-10)12-9-16-15-14-12/h3-6,9,13H,2,7-8H2,1H3. The summed E-state index contributed by atoms with van der Waals surface area (Å²) >= 11 is 1.38. The fourth-order valence-electron chi connectivity index (χ4n) is 1.49. The van der Waals surface area contributed by atoms with E-state index in [1.165, 1.54) is 23.5 Å². The van der Waals surface area contributed by atoms with Crippen molar-refractivity contribution in [1.29, 1.82) is 0 Å². The summed E-state index contributed by atoms with van der Waals surface area (Å²) < 4.78 is 3.86. The van der Waals surface area contributed by atoms with Crippen molar-refractivity contribution in [1.82, 2.24) is 14.9 Å². The van der Waals surface area contributed by atoms with Crippen molar-refractivity contribution >= 4 is 11.5 Å². The van der Waals surface area contributed by atoms with Gasteiger partial charge in [0.15, 0.2) is 0 Å². The minimum Gasteiger partial charge on any atom is -0.313 e. The maximum Gasteiger partial charge on any atom is 0.105 e. The molecule has 0 spiro atoms. The van der Waals surface area contributed by atoms with Gasteiger partial charge in [-0.15, -0.1) is 5.10 Å². The van der Waals surface area contributed by atoms with Gasteiger partial charge in [0, 0.05) is 17.5 Å². The van der Waals surface area contributed by atoms with Crippen LogP contribution < -0.4 is 5.32 Å². The normalized spacial score (nSPS) is 10.6. The van der Waals surface area contributed by atoms with Crippen molar-refractivity contribution in [3.05, 3.63) is 35.2 Å². The summed E-state index contributed by atoms with van der Waals surface area (Å²) in [5.74, 6) is 0. The van der Waals surface area contributed by atoms with Gasteiger partial charge in [-0.25, -0.2) is 0 Å². The Kier molecular flexibility index (Phi) is 4.02. The Labute approximate surface area is 99.7 Å². The molecule has 0 aliphatic carbocycles. The Balaban J connectivity index is 2.00. The molecule has 1 aromatic heterocycles. The Bertz CT molecular complexity index is 408. The minimum atomic E-state index is 0.934. The van der Waals surface area contributed by atoms with Gasteiger partial charge >= 0.3 is 0 Å². The molecular formula is C12H15N3S. The van der Waals surface area contributed by atoms with E-state index in [0.29, 0.717) is 0 Å². The molecule has 0 aliphatic rings. The Morgan fingerprint density at radius 2 is 2.06 bits per heavy atom. The Hall–Kier alpha value is -1.26. The van der Waals surface area contributed by atoms with Crippen LogP contribution in [0.2, 0.25) is 0 Å². The van der Waals surface area contributed by atoms with Gasteiger partial charge in [-0.1, -0.05) is 35.7 Å². The van der Waals surface area contributed by atoms with Crippen LogP contribution in [0, 0.1) is 0 Å². The lowest BCUT2D eigenvalue weighted by Crippen LogP contribution is -2.13. The van der Waals surface area contributed by atoms with Gasteiger partial charge in [-0.3, -0.25) is 0 Å². The van der Waals surface area contributed by atoms with Crippen LogP contribution in [-0.4, -0.2) is 16.1 Å². The van der Waals surface area contributed by atoms with E-state index in [-0.39, 0.29) is 0 Å². The third kappa shape index (κ3) is 2.87. The molecule has 2 rings (SSSR count). The number of aromatic nitrogens is 2. The van der Waals surface area contributed by atoms with Crippen molar-refractivity contribution in [2.45, 2.75) is 19.9 Å². The zero-order valence-corrected chi connectivity index (χ0v) is 10.1. The topological polar surface area (TPSA) is 37.8 Å². The summed E-state index contributed by atoms with van der Waals surface area (Å²) in [6.45, 7) is 4.17. The van der Waals surface area contributed by atoms with Crippen LogP contribution in [0.3, 0.4) is 0 Å². The summed E-state index contributed by atoms with van der Waals surface area (Å²) in [4.78, 5) is 0. The third-order valence-electron chi connectivity index (χ3n) is 2.37. The average molecular weight is 233 g/mol. The van der Waals surface area contributed by atoms with E-state index < -0.39 is 0 Å². The highest BCUT2D eigenvalue weighted by atomic mass is 32.1. The van der Waals surface area contributed by atoms with Gasteiger partial charge in [-0.2, -0.15) is 0 Å². The molecule has 0 atom stereocenters. The molecule has 3 nitrogen and oxygen atoms in total. The molecule has 0 fully saturated rings. The van der Waals surface area contributed by atoms with E-state index >= 15 is 0 Å². The molecule has 1 aromatic carbocycles. The second-order valence-corrected chi connectivity index (χ2v) is 4.27. The maximum absolute atomic E-state index is 4.04. The summed E-state index contributed by atoms with van der Waals surface area (Å²) in [6.07, 6.45) is 1.17. The molecule has 16 heavy (non-hydrogen) atoms. The molecule has 4 heteroatoms. The molecule has 1 N–H and O–H groups in total. The SMILES string of the molecule is CCCNCc1ccc(-c2csnn2)cc1. The van der Waals surface area contributed by atoms with Crippen LogP contribution in [0.5, 0.6) is 0 Å². The summed E-state index contributed by atoms with van der Waals surface area (Å²) in [6, 6.07) is 8.47. The number of hydrogen-bond acceptors (Lipinski definition) is 4. The number of nitrogens with zero attached hydrogens (tertiary/aromatic N) is 2. The second kappa shape index (κ2) is 5.72. The molecule has 0 bridgehead atoms. The highest BCUT2D eigenvalue weighted by molar-refractivity contribution is 7.03. The molecule has 0 saturated heterocycles. The number of nitrogens with one attached hydrogen (secondary N) is 1. The molecule has 0 radical (unpaired) electrons. The summed E-state index contributed by atoms with van der Waals surface area (Å²) in [7, 11) is 0. The van der Waals surface area contributed by atoms with Gasteiger partial charge in [0.2, 0.25) is 0 Å². The number of benzene rings is 1. The fourth-order valence-corrected chi connectivity index (χ4v) is 1.96. The van der Waals surface area contributed by atoms with Crippen molar-refractivity contribution in [3.8, 4) is 11.3 Å². The predicted octanol–water partition coefficient (Wildman–Crippen LogP) is 2.70. The van der Waals surface area contributed by atoms with Crippen molar-refractivity contribution in [3.63, 3.8) is 0 Å². The van der Waals surface area contributed by atoms with Gasteiger partial charge in [-0.05, 0) is 30.1 Å². The minimum absolute atomic E-state index is 0.934. The lowest BCUT2D eigenvalue weighted by molar-refractivity contribution is 0.675. The monoisotopic (exact) mass is 233 g/mol. The average Bonchev–Trinajstić information content (AvgIpc) is 2.84. The molecule has 84 valence electrons. The van der Waals surface area contributed by atoms with Crippen molar-refractivity contribution in [2.75, 3.05) is 6.54 Å². The second-order valence-electron chi connectivity index (χ2n) is 3.66. The maximum atomic E-state index is 4.04. The van der Waals surface area contributed by atoms with Crippen LogP contribution >= 0.6 is 11.5 Å². The highest BCUT2D eigenvalue weighted by Crippen LogP contribution is 2.17. The Morgan fingerprint density at radius 3 is 2.69 bits per heavy atom. The van der Waals surface area contributed by atoms with E-state index in [9.17, 15) is 0 Å². The van der Waals surface area contributed by atoms with Crippen LogP contribution in [0.15, 0.2) is 29.6 Å². The van der Waals surface area contributed by atoms with E-state index in [4.69, 9.17) is 0 Å². The smallest absolute Gasteiger partial charge is 0.105 e. The molecule has 0 amide bonds. The van der Waals surface area contributed by atoms with Crippen LogP contribution in [0.25, 0.3) is 11.3 Å². The highest BCUT2D eigenvalue weighted by Gasteiger charge is 2.00. The van der Waals surface area contributed by atoms with E-state index in [0.717, 1.165) is 24.3 Å². The van der Waals surface area contributed by atoms with Gasteiger partial charge < -0.3 is 5.32 Å². The first-order chi connectivity index (χ1) is 7.90. The molecule has 0 aliphatic heterocycles. The van der Waals surface area contributed by atoms with E-state index in [2.05, 4.69) is 46.1 Å². The first kappa shape index (κ1) is 11.2. The van der Waals surface area contributed by atoms with Gasteiger partial charge in [0.1, 0.15) is 5.69 Å². The molecule has 2 aromatic rings. The quantitative estimate of drug-likeness (QED) is 0.807. The van der Waals surface area contributed by atoms with E-state index in [1.807, 2.05) is 5.38 Å². The Morgan fingerprint density at radius 1 is 1.25 bits per heavy atom. The van der Waals surface area contributed by atoms with Crippen LogP contribution in [0.1, 0.15) is 18.9 Å². The van der Waals surface area contributed by atoms with Crippen molar-refractivity contribution in [2.24, 2.45) is 0 Å². The van der Waals surface area contributed by atoms with E-state index in [1.54, 1.807) is 0 Å². The number of rotatable bonds is 5. The predicted molar refractivity (Wildman–Crippen MR) is 67.3 cm³/mol. The fraction of sp³-hybridized carbons (Fsp3) is 0.333.